The highest BCUT2D eigenvalue weighted by Gasteiger charge is 2.10. The van der Waals surface area contributed by atoms with Crippen LogP contribution in [0.2, 0.25) is 5.02 Å². The molecule has 0 spiro atoms. The van der Waals surface area contributed by atoms with Gasteiger partial charge in [-0.25, -0.2) is 0 Å². The third-order valence-electron chi connectivity index (χ3n) is 3.28. The lowest BCUT2D eigenvalue weighted by Crippen LogP contribution is -2.27. The second-order valence-electron chi connectivity index (χ2n) is 5.12. The van der Waals surface area contributed by atoms with E-state index in [1.54, 1.807) is 48.3 Å². The third-order valence-corrected chi connectivity index (χ3v) is 3.52. The maximum absolute atomic E-state index is 12.1. The van der Waals surface area contributed by atoms with Crippen LogP contribution in [0, 0.1) is 11.3 Å². The molecule has 2 aromatic rings. The van der Waals surface area contributed by atoms with Crippen LogP contribution in [0.4, 0.5) is 0 Å². The van der Waals surface area contributed by atoms with E-state index in [9.17, 15) is 4.79 Å². The molecular weight excluding hydrogens is 312 g/mol. The van der Waals surface area contributed by atoms with Gasteiger partial charge in [-0.1, -0.05) is 29.8 Å². The van der Waals surface area contributed by atoms with Crippen molar-refractivity contribution in [3.63, 3.8) is 0 Å². The molecule has 0 aliphatic rings. The molecule has 0 aliphatic heterocycles. The van der Waals surface area contributed by atoms with Crippen LogP contribution in [0.1, 0.15) is 17.5 Å². The first kappa shape index (κ1) is 16.9. The quantitative estimate of drug-likeness (QED) is 0.813. The van der Waals surface area contributed by atoms with Gasteiger partial charge >= 0.3 is 0 Å². The average Bonchev–Trinajstić information content (AvgIpc) is 2.55. The summed E-state index contributed by atoms with van der Waals surface area (Å²) in [6, 6.07) is 16.4. The minimum atomic E-state index is -0.0191. The van der Waals surface area contributed by atoms with Gasteiger partial charge < -0.3 is 9.64 Å². The number of amides is 1. The lowest BCUT2D eigenvalue weighted by molar-refractivity contribution is -0.130. The predicted octanol–water partition coefficient (Wildman–Crippen LogP) is 3.64. The first-order chi connectivity index (χ1) is 11.1. The summed E-state index contributed by atoms with van der Waals surface area (Å²) >= 11 is 5.87. The number of ether oxygens (including phenoxy) is 1. The van der Waals surface area contributed by atoms with Crippen LogP contribution in [-0.2, 0) is 11.3 Å². The second-order valence-corrected chi connectivity index (χ2v) is 5.55. The topological polar surface area (TPSA) is 53.3 Å². The Morgan fingerprint density at radius 1 is 1.26 bits per heavy atom. The van der Waals surface area contributed by atoms with Gasteiger partial charge in [0.15, 0.2) is 0 Å². The van der Waals surface area contributed by atoms with Gasteiger partial charge in [0.25, 0.3) is 0 Å². The van der Waals surface area contributed by atoms with Crippen LogP contribution in [-0.4, -0.2) is 24.5 Å². The molecule has 0 radical (unpaired) electrons. The molecule has 118 valence electrons. The van der Waals surface area contributed by atoms with Crippen molar-refractivity contribution in [3.05, 3.63) is 64.7 Å². The molecule has 0 atom stereocenters. The maximum atomic E-state index is 12.1. The molecule has 0 saturated heterocycles. The molecule has 0 fully saturated rings. The Kier molecular flexibility index (Phi) is 6.02. The summed E-state index contributed by atoms with van der Waals surface area (Å²) in [6.07, 6.45) is 0.279. The van der Waals surface area contributed by atoms with Crippen molar-refractivity contribution in [1.29, 1.82) is 5.26 Å². The molecule has 0 saturated carbocycles. The molecule has 0 N–H and O–H groups in total. The Labute approximate surface area is 140 Å². The summed E-state index contributed by atoms with van der Waals surface area (Å²) in [5, 5.41) is 9.49. The zero-order valence-corrected chi connectivity index (χ0v) is 13.6. The Balaban J connectivity index is 1.82. The van der Waals surface area contributed by atoms with E-state index in [4.69, 9.17) is 21.6 Å². The van der Waals surface area contributed by atoms with E-state index >= 15 is 0 Å². The Morgan fingerprint density at radius 2 is 2.04 bits per heavy atom. The highest BCUT2D eigenvalue weighted by Crippen LogP contribution is 2.17. The number of carbonyl (C=O) groups is 1. The highest BCUT2D eigenvalue weighted by atomic mass is 35.5. The largest absolute Gasteiger partial charge is 0.493 e. The van der Waals surface area contributed by atoms with Crippen molar-refractivity contribution in [2.75, 3.05) is 13.7 Å². The molecule has 0 aromatic heterocycles. The number of halogens is 1. The summed E-state index contributed by atoms with van der Waals surface area (Å²) in [4.78, 5) is 13.7. The van der Waals surface area contributed by atoms with Gasteiger partial charge in [0.1, 0.15) is 5.75 Å². The second kappa shape index (κ2) is 8.21. The minimum Gasteiger partial charge on any atom is -0.493 e. The zero-order chi connectivity index (χ0) is 16.7. The van der Waals surface area contributed by atoms with Crippen molar-refractivity contribution in [2.45, 2.75) is 13.0 Å². The van der Waals surface area contributed by atoms with Crippen LogP contribution in [0.3, 0.4) is 0 Å². The first-order valence-corrected chi connectivity index (χ1v) is 7.57. The molecule has 5 heteroatoms. The molecule has 0 unspecified atom stereocenters. The molecule has 0 bridgehead atoms. The molecule has 23 heavy (non-hydrogen) atoms. The highest BCUT2D eigenvalue weighted by molar-refractivity contribution is 6.30. The molecule has 4 nitrogen and oxygen atoms in total. The van der Waals surface area contributed by atoms with E-state index in [2.05, 4.69) is 6.07 Å². The number of hydrogen-bond acceptors (Lipinski definition) is 3. The van der Waals surface area contributed by atoms with E-state index in [0.717, 1.165) is 5.56 Å². The average molecular weight is 329 g/mol. The van der Waals surface area contributed by atoms with Crippen molar-refractivity contribution < 1.29 is 9.53 Å². The van der Waals surface area contributed by atoms with E-state index in [-0.39, 0.29) is 12.3 Å². The molecular formula is C18H17ClN2O2. The maximum Gasteiger partial charge on any atom is 0.226 e. The first-order valence-electron chi connectivity index (χ1n) is 7.20. The van der Waals surface area contributed by atoms with Crippen LogP contribution < -0.4 is 4.74 Å². The Morgan fingerprint density at radius 3 is 2.78 bits per heavy atom. The van der Waals surface area contributed by atoms with Crippen LogP contribution in [0.5, 0.6) is 5.75 Å². The van der Waals surface area contributed by atoms with Crippen LogP contribution >= 0.6 is 11.6 Å². The van der Waals surface area contributed by atoms with Gasteiger partial charge in [-0.05, 0) is 35.9 Å². The van der Waals surface area contributed by atoms with Gasteiger partial charge in [-0.15, -0.1) is 0 Å². The fourth-order valence-corrected chi connectivity index (χ4v) is 2.29. The smallest absolute Gasteiger partial charge is 0.226 e. The van der Waals surface area contributed by atoms with E-state index in [0.29, 0.717) is 29.5 Å². The molecule has 1 amide bonds. The summed E-state index contributed by atoms with van der Waals surface area (Å²) in [5.74, 6) is 0.629. The third kappa shape index (κ3) is 5.32. The lowest BCUT2D eigenvalue weighted by Gasteiger charge is -2.17. The number of nitrogens with zero attached hydrogens (tertiary/aromatic N) is 2. The Hall–Kier alpha value is -2.51. The standard InChI is InChI=1S/C18H17ClN2O2/c1-21(13-15-5-2-4-14(10-15)12-20)18(22)8-9-23-17-7-3-6-16(19)11-17/h2-7,10-11H,8-9,13H2,1H3. The fourth-order valence-electron chi connectivity index (χ4n) is 2.11. The number of benzene rings is 2. The van der Waals surface area contributed by atoms with E-state index in [1.165, 1.54) is 0 Å². The number of carbonyl (C=O) groups excluding carboxylic acids is 1. The van der Waals surface area contributed by atoms with E-state index < -0.39 is 0 Å². The van der Waals surface area contributed by atoms with Crippen molar-refractivity contribution >= 4 is 17.5 Å². The fraction of sp³-hybridized carbons (Fsp3) is 0.222. The van der Waals surface area contributed by atoms with Gasteiger partial charge in [-0.3, -0.25) is 4.79 Å². The van der Waals surface area contributed by atoms with E-state index in [1.807, 2.05) is 12.1 Å². The van der Waals surface area contributed by atoms with Crippen molar-refractivity contribution in [2.24, 2.45) is 0 Å². The van der Waals surface area contributed by atoms with Gasteiger partial charge in [0.2, 0.25) is 5.91 Å². The predicted molar refractivity (Wildman–Crippen MR) is 89.2 cm³/mol. The number of rotatable bonds is 6. The summed E-state index contributed by atoms with van der Waals surface area (Å²) < 4.78 is 5.52. The SMILES string of the molecule is CN(Cc1cccc(C#N)c1)C(=O)CCOc1cccc(Cl)c1. The normalized spacial score (nSPS) is 9.96. The van der Waals surface area contributed by atoms with Gasteiger partial charge in [0.05, 0.1) is 24.7 Å². The summed E-state index contributed by atoms with van der Waals surface area (Å²) in [5.41, 5.74) is 1.52. The minimum absolute atomic E-state index is 0.0191. The van der Waals surface area contributed by atoms with Gasteiger partial charge in [-0.2, -0.15) is 5.26 Å². The number of hydrogen-bond donors (Lipinski definition) is 0. The van der Waals surface area contributed by atoms with Crippen molar-refractivity contribution in [3.8, 4) is 11.8 Å². The zero-order valence-electron chi connectivity index (χ0n) is 12.8. The summed E-state index contributed by atoms with van der Waals surface area (Å²) in [7, 11) is 1.74. The summed E-state index contributed by atoms with van der Waals surface area (Å²) in [6.45, 7) is 0.757. The van der Waals surface area contributed by atoms with Crippen molar-refractivity contribution in [1.82, 2.24) is 4.90 Å². The Bertz CT molecular complexity index is 725. The molecule has 0 aliphatic carbocycles. The van der Waals surface area contributed by atoms with Crippen LogP contribution in [0.15, 0.2) is 48.5 Å². The monoisotopic (exact) mass is 328 g/mol. The number of nitriles is 1. The lowest BCUT2D eigenvalue weighted by atomic mass is 10.1. The molecule has 2 aromatic carbocycles. The molecule has 2 rings (SSSR count). The molecule has 0 heterocycles. The van der Waals surface area contributed by atoms with Crippen LogP contribution in [0.25, 0.3) is 0 Å². The van der Waals surface area contributed by atoms with Gasteiger partial charge in [0, 0.05) is 18.6 Å².